The van der Waals surface area contributed by atoms with Crippen LogP contribution in [0.1, 0.15) is 27.7 Å². The second-order valence-corrected chi connectivity index (χ2v) is 5.07. The number of allylic oxidation sites excluding steroid dienone is 2. The number of aromatic amines is 1. The second kappa shape index (κ2) is 8.82. The Morgan fingerprint density at radius 2 is 1.30 bits per heavy atom. The van der Waals surface area contributed by atoms with Crippen LogP contribution in [0.15, 0.2) is 39.1 Å². The summed E-state index contributed by atoms with van der Waals surface area (Å²) in [5, 5.41) is 0. The lowest BCUT2D eigenvalue weighted by Crippen LogP contribution is -2.51. The molecule has 8 heteroatoms. The van der Waals surface area contributed by atoms with Crippen molar-refractivity contribution >= 4 is 0 Å². The number of H-pyrrole nitrogens is 1. The van der Waals surface area contributed by atoms with Crippen LogP contribution in [0.3, 0.4) is 0 Å². The van der Waals surface area contributed by atoms with Gasteiger partial charge in [-0.15, -0.1) is 0 Å². The van der Waals surface area contributed by atoms with Gasteiger partial charge >= 0.3 is 17.1 Å². The predicted molar refractivity (Wildman–Crippen MR) is 86.3 cm³/mol. The van der Waals surface area contributed by atoms with Gasteiger partial charge in [-0.2, -0.15) is 0 Å². The first kappa shape index (κ1) is 18.5. The maximum atomic E-state index is 12.4. The molecule has 1 rings (SSSR count). The topological polar surface area (TPSA) is 95.3 Å². The molecule has 0 saturated heterocycles. The van der Waals surface area contributed by atoms with Gasteiger partial charge in [0.1, 0.15) is 12.2 Å². The third-order valence-electron chi connectivity index (χ3n) is 2.94. The highest BCUT2D eigenvalue weighted by molar-refractivity contribution is 4.78. The van der Waals surface area contributed by atoms with Gasteiger partial charge in [0.2, 0.25) is 0 Å². The maximum Gasteiger partial charge on any atom is 0.336 e. The van der Waals surface area contributed by atoms with Gasteiger partial charge in [0.25, 0.3) is 0 Å². The molecule has 1 aromatic rings. The number of aromatic nitrogens is 3. The molecule has 1 heterocycles. The molecule has 0 fully saturated rings. The van der Waals surface area contributed by atoms with Crippen molar-refractivity contribution < 1.29 is 9.47 Å². The molecule has 1 N–H and O–H groups in total. The lowest BCUT2D eigenvalue weighted by atomic mass is 10.4. The summed E-state index contributed by atoms with van der Waals surface area (Å²) in [5.41, 5.74) is -2.20. The average Bonchev–Trinajstić information content (AvgIpc) is 2.51. The van der Waals surface area contributed by atoms with Gasteiger partial charge in [0, 0.05) is 0 Å². The number of nitrogens with one attached hydrogen (secondary N) is 1. The molecule has 2 atom stereocenters. The van der Waals surface area contributed by atoms with Crippen molar-refractivity contribution in [3.8, 4) is 0 Å². The molecule has 0 aliphatic heterocycles. The number of hydrogen-bond donors (Lipinski definition) is 1. The van der Waals surface area contributed by atoms with Gasteiger partial charge in [-0.3, -0.25) is 4.98 Å². The van der Waals surface area contributed by atoms with E-state index in [9.17, 15) is 14.4 Å². The van der Waals surface area contributed by atoms with Crippen LogP contribution in [-0.4, -0.2) is 26.3 Å². The zero-order chi connectivity index (χ0) is 17.4. The summed E-state index contributed by atoms with van der Waals surface area (Å²) in [7, 11) is 0. The zero-order valence-corrected chi connectivity index (χ0v) is 13.8. The highest BCUT2D eigenvalue weighted by Crippen LogP contribution is 1.95. The molecule has 0 bridgehead atoms. The summed E-state index contributed by atoms with van der Waals surface area (Å²) in [6.45, 7) is 7.08. The van der Waals surface area contributed by atoms with Crippen LogP contribution in [-0.2, 0) is 22.6 Å². The minimum absolute atomic E-state index is 0.0306. The summed E-state index contributed by atoms with van der Waals surface area (Å²) in [5.74, 6) is 0. The quantitative estimate of drug-likeness (QED) is 0.705. The Kier molecular flexibility index (Phi) is 7.11. The van der Waals surface area contributed by atoms with E-state index in [-0.39, 0.29) is 13.1 Å². The van der Waals surface area contributed by atoms with Crippen molar-refractivity contribution in [2.75, 3.05) is 0 Å². The van der Waals surface area contributed by atoms with Crippen molar-refractivity contribution in [1.29, 1.82) is 0 Å². The van der Waals surface area contributed by atoms with E-state index >= 15 is 0 Å². The van der Waals surface area contributed by atoms with Gasteiger partial charge in [0.05, 0.1) is 25.6 Å². The van der Waals surface area contributed by atoms with E-state index in [1.54, 1.807) is 39.8 Å². The van der Waals surface area contributed by atoms with Crippen LogP contribution in [0.4, 0.5) is 0 Å². The van der Waals surface area contributed by atoms with Gasteiger partial charge in [-0.25, -0.2) is 23.5 Å². The normalized spacial score (nSPS) is 14.3. The Morgan fingerprint density at radius 1 is 0.913 bits per heavy atom. The SMILES string of the molecule is CC=COC(C)Cn1c(=O)[nH]c(=O)n(CC(C)OC=CC)c1=O. The van der Waals surface area contributed by atoms with Crippen LogP contribution >= 0.6 is 0 Å². The molecule has 0 aliphatic rings. The number of nitrogens with zero attached hydrogens (tertiary/aromatic N) is 2. The molecule has 1 aromatic heterocycles. The van der Waals surface area contributed by atoms with E-state index in [1.807, 2.05) is 0 Å². The molecule has 0 radical (unpaired) electrons. The third-order valence-corrected chi connectivity index (χ3v) is 2.94. The summed E-state index contributed by atoms with van der Waals surface area (Å²) >= 11 is 0. The molecule has 23 heavy (non-hydrogen) atoms. The van der Waals surface area contributed by atoms with Crippen LogP contribution in [0, 0.1) is 0 Å². The van der Waals surface area contributed by atoms with Gasteiger partial charge in [-0.05, 0) is 27.7 Å². The molecular formula is C15H23N3O5. The Hall–Kier alpha value is -2.51. The fourth-order valence-corrected chi connectivity index (χ4v) is 1.89. The van der Waals surface area contributed by atoms with Gasteiger partial charge in [-0.1, -0.05) is 12.2 Å². The summed E-state index contributed by atoms with van der Waals surface area (Å²) in [6.07, 6.45) is 5.56. The van der Waals surface area contributed by atoms with Crippen LogP contribution in [0.25, 0.3) is 0 Å². The molecule has 0 aromatic carbocycles. The van der Waals surface area contributed by atoms with Crippen molar-refractivity contribution in [3.05, 3.63) is 56.1 Å². The smallest absolute Gasteiger partial charge is 0.336 e. The highest BCUT2D eigenvalue weighted by Gasteiger charge is 2.14. The van der Waals surface area contributed by atoms with E-state index in [0.29, 0.717) is 0 Å². The molecule has 0 spiro atoms. The molecule has 2 unspecified atom stereocenters. The Bertz CT molecular complexity index is 669. The largest absolute Gasteiger partial charge is 0.497 e. The van der Waals surface area contributed by atoms with E-state index in [2.05, 4.69) is 4.98 Å². The summed E-state index contributed by atoms with van der Waals surface area (Å²) < 4.78 is 12.5. The molecule has 0 aliphatic carbocycles. The minimum Gasteiger partial charge on any atom is -0.497 e. The van der Waals surface area contributed by atoms with Gasteiger partial charge in [0.15, 0.2) is 0 Å². The molecule has 128 valence electrons. The monoisotopic (exact) mass is 325 g/mol. The van der Waals surface area contributed by atoms with E-state index < -0.39 is 29.3 Å². The molecule has 0 amide bonds. The van der Waals surface area contributed by atoms with Gasteiger partial charge < -0.3 is 9.47 Å². The standard InChI is InChI=1S/C15H23N3O5/c1-5-7-22-11(3)9-17-13(19)16-14(20)18(15(17)21)10-12(4)23-8-6-2/h5-8,11-12H,9-10H2,1-4H3,(H,16,19,20). The molecule has 0 saturated carbocycles. The van der Waals surface area contributed by atoms with E-state index in [4.69, 9.17) is 9.47 Å². The van der Waals surface area contributed by atoms with E-state index in [1.165, 1.54) is 12.5 Å². The van der Waals surface area contributed by atoms with Crippen molar-refractivity contribution in [2.45, 2.75) is 53.0 Å². The van der Waals surface area contributed by atoms with Crippen molar-refractivity contribution in [2.24, 2.45) is 0 Å². The first-order valence-electron chi connectivity index (χ1n) is 7.37. The number of rotatable bonds is 8. The Labute approximate surface area is 133 Å². The fourth-order valence-electron chi connectivity index (χ4n) is 1.89. The molecule has 8 nitrogen and oxygen atoms in total. The first-order valence-corrected chi connectivity index (χ1v) is 7.37. The summed E-state index contributed by atoms with van der Waals surface area (Å²) in [6, 6.07) is 0. The fraction of sp³-hybridized carbons (Fsp3) is 0.533. The maximum absolute atomic E-state index is 12.4. The van der Waals surface area contributed by atoms with Crippen LogP contribution < -0.4 is 17.1 Å². The Morgan fingerprint density at radius 3 is 1.65 bits per heavy atom. The minimum atomic E-state index is -0.755. The van der Waals surface area contributed by atoms with Crippen LogP contribution in [0.5, 0.6) is 0 Å². The summed E-state index contributed by atoms with van der Waals surface area (Å²) in [4.78, 5) is 38.2. The number of ether oxygens (including phenoxy) is 2. The highest BCUT2D eigenvalue weighted by atomic mass is 16.5. The predicted octanol–water partition coefficient (Wildman–Crippen LogP) is 0.576. The first-order chi connectivity index (χ1) is 10.9. The zero-order valence-electron chi connectivity index (χ0n) is 13.8. The third kappa shape index (κ3) is 5.32. The van der Waals surface area contributed by atoms with Crippen molar-refractivity contribution in [3.63, 3.8) is 0 Å². The van der Waals surface area contributed by atoms with Crippen LogP contribution in [0.2, 0.25) is 0 Å². The van der Waals surface area contributed by atoms with Crippen molar-refractivity contribution in [1.82, 2.24) is 14.1 Å². The Balaban J connectivity index is 3.10. The lowest BCUT2D eigenvalue weighted by Gasteiger charge is -2.15. The molecular weight excluding hydrogens is 302 g/mol. The lowest BCUT2D eigenvalue weighted by molar-refractivity contribution is 0.130. The second-order valence-electron chi connectivity index (χ2n) is 5.07. The van der Waals surface area contributed by atoms with E-state index in [0.717, 1.165) is 9.13 Å². The average molecular weight is 325 g/mol. The number of hydrogen-bond acceptors (Lipinski definition) is 5.